The van der Waals surface area contributed by atoms with E-state index in [1.54, 1.807) is 0 Å². The van der Waals surface area contributed by atoms with E-state index in [-0.39, 0.29) is 5.41 Å². The van der Waals surface area contributed by atoms with E-state index in [9.17, 15) is 5.11 Å². The Morgan fingerprint density at radius 2 is 1.61 bits per heavy atom. The molecule has 0 unspecified atom stereocenters. The van der Waals surface area contributed by atoms with E-state index in [1.165, 1.54) is 38.8 Å². The largest absolute Gasteiger partial charge is 0.396 e. The van der Waals surface area contributed by atoms with E-state index < -0.39 is 0 Å². The number of nitrogens with zero attached hydrogens (tertiary/aromatic N) is 1. The van der Waals surface area contributed by atoms with Crippen molar-refractivity contribution in [2.24, 2.45) is 5.41 Å². The third kappa shape index (κ3) is 5.25. The van der Waals surface area contributed by atoms with Crippen molar-refractivity contribution in [3.63, 3.8) is 0 Å². The Balaban J connectivity index is 2.49. The fourth-order valence-corrected chi connectivity index (χ4v) is 2.68. The molecule has 0 radical (unpaired) electrons. The summed E-state index contributed by atoms with van der Waals surface area (Å²) in [5.74, 6) is 0. The first-order chi connectivity index (χ1) is 8.76. The van der Waals surface area contributed by atoms with Crippen LogP contribution in [0.1, 0.15) is 52.4 Å². The van der Waals surface area contributed by atoms with Gasteiger partial charge < -0.3 is 14.7 Å². The highest BCUT2D eigenvalue weighted by molar-refractivity contribution is 4.84. The van der Waals surface area contributed by atoms with Gasteiger partial charge in [-0.25, -0.2) is 0 Å². The van der Waals surface area contributed by atoms with Crippen molar-refractivity contribution in [3.8, 4) is 0 Å². The van der Waals surface area contributed by atoms with E-state index in [0.29, 0.717) is 6.61 Å². The Bertz CT molecular complexity index is 195. The first kappa shape index (κ1) is 15.9. The van der Waals surface area contributed by atoms with Crippen LogP contribution in [0.2, 0.25) is 0 Å². The number of hydrogen-bond acceptors (Lipinski definition) is 3. The zero-order valence-corrected chi connectivity index (χ0v) is 12.3. The molecule has 3 nitrogen and oxygen atoms in total. The number of unbranched alkanes of at least 4 members (excludes halogenated alkanes) is 2. The summed E-state index contributed by atoms with van der Waals surface area (Å²) in [6.07, 6.45) is 7.05. The van der Waals surface area contributed by atoms with Crippen LogP contribution in [0.15, 0.2) is 0 Å². The fraction of sp³-hybridized carbons (Fsp3) is 1.00. The summed E-state index contributed by atoms with van der Waals surface area (Å²) >= 11 is 0. The van der Waals surface area contributed by atoms with Crippen molar-refractivity contribution in [3.05, 3.63) is 0 Å². The van der Waals surface area contributed by atoms with Crippen LogP contribution in [0.4, 0.5) is 0 Å². The lowest BCUT2D eigenvalue weighted by Crippen LogP contribution is -2.44. The molecule has 108 valence electrons. The standard InChI is InChI=1S/C15H31NO2/c1-3-5-9-16(10-6-4-2)13-15(14-17)7-11-18-12-8-15/h17H,3-14H2,1-2H3. The molecule has 0 spiro atoms. The third-order valence-corrected chi connectivity index (χ3v) is 4.10. The van der Waals surface area contributed by atoms with Crippen molar-refractivity contribution in [1.29, 1.82) is 0 Å². The van der Waals surface area contributed by atoms with Gasteiger partial charge in [-0.2, -0.15) is 0 Å². The van der Waals surface area contributed by atoms with Crippen LogP contribution in [0.5, 0.6) is 0 Å². The van der Waals surface area contributed by atoms with Crippen molar-refractivity contribution in [1.82, 2.24) is 4.90 Å². The van der Waals surface area contributed by atoms with E-state index >= 15 is 0 Å². The summed E-state index contributed by atoms with van der Waals surface area (Å²) in [4.78, 5) is 2.56. The quantitative estimate of drug-likeness (QED) is 0.689. The molecule has 1 rings (SSSR count). The second kappa shape index (κ2) is 8.89. The Kier molecular flexibility index (Phi) is 7.87. The molecule has 0 aliphatic carbocycles. The Morgan fingerprint density at radius 1 is 1.06 bits per heavy atom. The summed E-state index contributed by atoms with van der Waals surface area (Å²) in [7, 11) is 0. The second-order valence-electron chi connectivity index (χ2n) is 5.75. The molecule has 1 saturated heterocycles. The van der Waals surface area contributed by atoms with Crippen molar-refractivity contribution < 1.29 is 9.84 Å². The summed E-state index contributed by atoms with van der Waals surface area (Å²) in [5.41, 5.74) is 0.0970. The molecule has 0 atom stereocenters. The highest BCUT2D eigenvalue weighted by Crippen LogP contribution is 2.31. The Morgan fingerprint density at radius 3 is 2.06 bits per heavy atom. The lowest BCUT2D eigenvalue weighted by molar-refractivity contribution is -0.0345. The van der Waals surface area contributed by atoms with E-state index in [0.717, 1.165) is 32.6 Å². The van der Waals surface area contributed by atoms with Gasteiger partial charge in [0, 0.05) is 25.2 Å². The van der Waals surface area contributed by atoms with Gasteiger partial charge in [-0.1, -0.05) is 26.7 Å². The molecular weight excluding hydrogens is 226 g/mol. The minimum Gasteiger partial charge on any atom is -0.396 e. The maximum atomic E-state index is 9.76. The topological polar surface area (TPSA) is 32.7 Å². The predicted molar refractivity (Wildman–Crippen MR) is 75.8 cm³/mol. The minimum atomic E-state index is 0.0970. The van der Waals surface area contributed by atoms with Crippen LogP contribution in [0.25, 0.3) is 0 Å². The summed E-state index contributed by atoms with van der Waals surface area (Å²) in [6, 6.07) is 0. The van der Waals surface area contributed by atoms with Crippen LogP contribution in [-0.4, -0.2) is 49.5 Å². The van der Waals surface area contributed by atoms with Gasteiger partial charge in [-0.05, 0) is 38.8 Å². The maximum absolute atomic E-state index is 9.76. The zero-order valence-electron chi connectivity index (χ0n) is 12.3. The maximum Gasteiger partial charge on any atom is 0.0501 e. The highest BCUT2D eigenvalue weighted by Gasteiger charge is 2.33. The Hall–Kier alpha value is -0.120. The SMILES string of the molecule is CCCCN(CCCC)CC1(CO)CCOCC1. The molecule has 0 aromatic rings. The molecule has 0 amide bonds. The van der Waals surface area contributed by atoms with Gasteiger partial charge in [0.15, 0.2) is 0 Å². The first-order valence-electron chi connectivity index (χ1n) is 7.67. The van der Waals surface area contributed by atoms with Crippen LogP contribution in [0.3, 0.4) is 0 Å². The van der Waals surface area contributed by atoms with E-state index in [1.807, 2.05) is 0 Å². The number of aliphatic hydroxyl groups excluding tert-OH is 1. The molecule has 3 heteroatoms. The number of ether oxygens (including phenoxy) is 1. The van der Waals surface area contributed by atoms with Crippen molar-refractivity contribution in [2.45, 2.75) is 52.4 Å². The second-order valence-corrected chi connectivity index (χ2v) is 5.75. The lowest BCUT2D eigenvalue weighted by Gasteiger charge is -2.39. The van der Waals surface area contributed by atoms with Crippen molar-refractivity contribution >= 4 is 0 Å². The third-order valence-electron chi connectivity index (χ3n) is 4.10. The van der Waals surface area contributed by atoms with Crippen LogP contribution < -0.4 is 0 Å². The molecule has 1 heterocycles. The van der Waals surface area contributed by atoms with E-state index in [2.05, 4.69) is 18.7 Å². The molecule has 1 N–H and O–H groups in total. The molecule has 0 bridgehead atoms. The number of aliphatic hydroxyl groups is 1. The van der Waals surface area contributed by atoms with Gasteiger partial charge in [-0.15, -0.1) is 0 Å². The first-order valence-corrected chi connectivity index (χ1v) is 7.67. The average Bonchev–Trinajstić information content (AvgIpc) is 2.43. The van der Waals surface area contributed by atoms with E-state index in [4.69, 9.17) is 4.74 Å². The van der Waals surface area contributed by atoms with Crippen LogP contribution in [0, 0.1) is 5.41 Å². The zero-order chi connectivity index (χ0) is 13.3. The monoisotopic (exact) mass is 257 g/mol. The smallest absolute Gasteiger partial charge is 0.0501 e. The van der Waals surface area contributed by atoms with Gasteiger partial charge in [0.25, 0.3) is 0 Å². The Labute approximate surface area is 113 Å². The van der Waals surface area contributed by atoms with Gasteiger partial charge in [0.2, 0.25) is 0 Å². The number of rotatable bonds is 9. The fourth-order valence-electron chi connectivity index (χ4n) is 2.68. The average molecular weight is 257 g/mol. The number of hydrogen-bond donors (Lipinski definition) is 1. The normalized spacial score (nSPS) is 19.3. The molecule has 1 fully saturated rings. The van der Waals surface area contributed by atoms with Gasteiger partial charge in [0.05, 0.1) is 6.61 Å². The summed E-state index contributed by atoms with van der Waals surface area (Å²) in [6.45, 7) is 9.84. The predicted octanol–water partition coefficient (Wildman–Crippen LogP) is 2.68. The molecule has 0 aromatic heterocycles. The van der Waals surface area contributed by atoms with Gasteiger partial charge >= 0.3 is 0 Å². The molecule has 18 heavy (non-hydrogen) atoms. The van der Waals surface area contributed by atoms with Crippen molar-refractivity contribution in [2.75, 3.05) is 39.5 Å². The van der Waals surface area contributed by atoms with Crippen LogP contribution >= 0.6 is 0 Å². The molecule has 1 aliphatic rings. The van der Waals surface area contributed by atoms with Gasteiger partial charge in [-0.3, -0.25) is 0 Å². The summed E-state index contributed by atoms with van der Waals surface area (Å²) in [5, 5.41) is 9.76. The van der Waals surface area contributed by atoms with Crippen LogP contribution in [-0.2, 0) is 4.74 Å². The van der Waals surface area contributed by atoms with Gasteiger partial charge in [0.1, 0.15) is 0 Å². The minimum absolute atomic E-state index is 0.0970. The molecule has 1 aliphatic heterocycles. The lowest BCUT2D eigenvalue weighted by atomic mass is 9.80. The molecular formula is C15H31NO2. The summed E-state index contributed by atoms with van der Waals surface area (Å²) < 4.78 is 5.44. The molecule has 0 aromatic carbocycles. The molecule has 0 saturated carbocycles. The highest BCUT2D eigenvalue weighted by atomic mass is 16.5.